The van der Waals surface area contributed by atoms with Gasteiger partial charge < -0.3 is 24.0 Å². The highest BCUT2D eigenvalue weighted by molar-refractivity contribution is 7.89. The topological polar surface area (TPSA) is 88.6 Å². The number of piperazine rings is 1. The summed E-state index contributed by atoms with van der Waals surface area (Å²) in [6, 6.07) is 1.98. The molecule has 0 radical (unpaired) electrons. The third kappa shape index (κ3) is 4.01. The molecule has 0 aromatic heterocycles. The van der Waals surface area contributed by atoms with Crippen molar-refractivity contribution in [1.29, 1.82) is 0 Å². The largest absolute Gasteiger partial charge is 0.493 e. The molecule has 0 saturated carbocycles. The van der Waals surface area contributed by atoms with Crippen LogP contribution in [0.2, 0.25) is 0 Å². The summed E-state index contributed by atoms with van der Waals surface area (Å²) in [5.41, 5.74) is 0. The molecule has 2 aliphatic rings. The van der Waals surface area contributed by atoms with Gasteiger partial charge in [-0.15, -0.1) is 0 Å². The molecule has 0 atom stereocenters. The molecule has 0 aliphatic carbocycles. The molecular weight excluding hydrogens is 393 g/mol. The van der Waals surface area contributed by atoms with Gasteiger partial charge in [-0.2, -0.15) is 4.31 Å². The average molecular weight is 417 g/mol. The maximum atomic E-state index is 14.4. The number of ether oxygens (including phenoxy) is 3. The van der Waals surface area contributed by atoms with Gasteiger partial charge in [0.15, 0.2) is 11.5 Å². The van der Waals surface area contributed by atoms with Crippen molar-refractivity contribution in [3.63, 3.8) is 0 Å². The van der Waals surface area contributed by atoms with E-state index in [1.54, 1.807) is 9.80 Å². The molecule has 2 saturated heterocycles. The Balaban J connectivity index is 1.72. The Morgan fingerprint density at radius 2 is 1.50 bits per heavy atom. The number of hydrogen-bond donors (Lipinski definition) is 0. The van der Waals surface area contributed by atoms with Crippen molar-refractivity contribution in [3.8, 4) is 11.5 Å². The number of carbonyl (C=O) groups excluding carboxylic acids is 1. The molecule has 2 amide bonds. The van der Waals surface area contributed by atoms with E-state index in [0.29, 0.717) is 26.3 Å². The Bertz CT molecular complexity index is 820. The van der Waals surface area contributed by atoms with Crippen LogP contribution in [0.4, 0.5) is 9.18 Å². The fourth-order valence-corrected chi connectivity index (χ4v) is 4.73. The monoisotopic (exact) mass is 417 g/mol. The quantitative estimate of drug-likeness (QED) is 0.713. The fraction of sp³-hybridized carbons (Fsp3) is 0.588. The number of rotatable bonds is 4. The van der Waals surface area contributed by atoms with E-state index in [4.69, 9.17) is 14.2 Å². The third-order valence-corrected chi connectivity index (χ3v) is 6.76. The zero-order chi connectivity index (χ0) is 20.3. The molecule has 0 unspecified atom stereocenters. The summed E-state index contributed by atoms with van der Waals surface area (Å²) in [5, 5.41) is 0. The predicted molar refractivity (Wildman–Crippen MR) is 97.6 cm³/mol. The molecule has 1 aromatic carbocycles. The highest BCUT2D eigenvalue weighted by atomic mass is 32.2. The molecule has 11 heteroatoms. The minimum atomic E-state index is -4.07. The third-order valence-electron chi connectivity index (χ3n) is 4.85. The van der Waals surface area contributed by atoms with Crippen LogP contribution in [0, 0.1) is 5.82 Å². The van der Waals surface area contributed by atoms with E-state index in [2.05, 4.69) is 0 Å². The van der Waals surface area contributed by atoms with Crippen LogP contribution in [0.5, 0.6) is 11.5 Å². The van der Waals surface area contributed by atoms with Gasteiger partial charge in [0.1, 0.15) is 10.7 Å². The summed E-state index contributed by atoms with van der Waals surface area (Å²) < 4.78 is 56.8. The first-order valence-corrected chi connectivity index (χ1v) is 10.4. The van der Waals surface area contributed by atoms with E-state index in [0.717, 1.165) is 12.1 Å². The number of hydrogen-bond acceptors (Lipinski definition) is 6. The van der Waals surface area contributed by atoms with Gasteiger partial charge in [-0.1, -0.05) is 0 Å². The van der Waals surface area contributed by atoms with Gasteiger partial charge in [0.05, 0.1) is 27.4 Å². The molecule has 0 spiro atoms. The standard InChI is InChI=1S/C17H24FN3O6S/c1-25-14-11-13(18)16(12-15(14)26-2)28(23,24)21-5-3-19(4-6-21)17(22)20-7-9-27-10-8-20/h11-12H,3-10H2,1-2H3. The Morgan fingerprint density at radius 3 is 2.07 bits per heavy atom. The zero-order valence-corrected chi connectivity index (χ0v) is 16.7. The highest BCUT2D eigenvalue weighted by Crippen LogP contribution is 2.33. The molecule has 9 nitrogen and oxygen atoms in total. The lowest BCUT2D eigenvalue weighted by molar-refractivity contribution is 0.0405. The number of methoxy groups -OCH3 is 2. The molecule has 0 bridgehead atoms. The smallest absolute Gasteiger partial charge is 0.320 e. The number of morpholine rings is 1. The Hall–Kier alpha value is -2.11. The zero-order valence-electron chi connectivity index (χ0n) is 15.9. The SMILES string of the molecule is COc1cc(F)c(S(=O)(=O)N2CCN(C(=O)N3CCOCC3)CC2)cc1OC. The molecule has 2 fully saturated rings. The van der Waals surface area contributed by atoms with Crippen LogP contribution in [-0.2, 0) is 14.8 Å². The summed E-state index contributed by atoms with van der Waals surface area (Å²) >= 11 is 0. The van der Waals surface area contributed by atoms with Crippen molar-refractivity contribution in [2.24, 2.45) is 0 Å². The van der Waals surface area contributed by atoms with Crippen molar-refractivity contribution in [1.82, 2.24) is 14.1 Å². The van der Waals surface area contributed by atoms with E-state index < -0.39 is 20.7 Å². The van der Waals surface area contributed by atoms with Gasteiger partial charge in [-0.25, -0.2) is 17.6 Å². The van der Waals surface area contributed by atoms with Crippen molar-refractivity contribution in [2.75, 3.05) is 66.7 Å². The second kappa shape index (κ2) is 8.50. The first-order chi connectivity index (χ1) is 13.4. The Labute approximate surface area is 163 Å². The average Bonchev–Trinajstić information content (AvgIpc) is 2.73. The molecule has 156 valence electrons. The number of benzene rings is 1. The van der Waals surface area contributed by atoms with Crippen molar-refractivity contribution in [2.45, 2.75) is 4.90 Å². The number of urea groups is 1. The number of sulfonamides is 1. The van der Waals surface area contributed by atoms with Crippen LogP contribution in [0.3, 0.4) is 0 Å². The van der Waals surface area contributed by atoms with Crippen LogP contribution < -0.4 is 9.47 Å². The number of amides is 2. The molecule has 28 heavy (non-hydrogen) atoms. The number of halogens is 1. The summed E-state index contributed by atoms with van der Waals surface area (Å²) in [7, 11) is -1.38. The lowest BCUT2D eigenvalue weighted by Gasteiger charge is -2.38. The molecule has 0 N–H and O–H groups in total. The summed E-state index contributed by atoms with van der Waals surface area (Å²) in [4.78, 5) is 15.4. The van der Waals surface area contributed by atoms with E-state index >= 15 is 0 Å². The first kappa shape index (κ1) is 20.6. The van der Waals surface area contributed by atoms with Crippen molar-refractivity contribution in [3.05, 3.63) is 17.9 Å². The number of carbonyl (C=O) groups is 1. The number of nitrogens with zero attached hydrogens (tertiary/aromatic N) is 3. The lowest BCUT2D eigenvalue weighted by Crippen LogP contribution is -2.55. The minimum Gasteiger partial charge on any atom is -0.493 e. The van der Waals surface area contributed by atoms with Gasteiger partial charge in [-0.05, 0) is 0 Å². The van der Waals surface area contributed by atoms with E-state index in [9.17, 15) is 17.6 Å². The molecule has 2 aliphatic heterocycles. The van der Waals surface area contributed by atoms with Crippen molar-refractivity contribution >= 4 is 16.1 Å². The van der Waals surface area contributed by atoms with Gasteiger partial charge in [-0.3, -0.25) is 0 Å². The fourth-order valence-electron chi connectivity index (χ4n) is 3.25. The van der Waals surface area contributed by atoms with Gasteiger partial charge in [0, 0.05) is 51.4 Å². The van der Waals surface area contributed by atoms with E-state index in [1.165, 1.54) is 18.5 Å². The molecular formula is C17H24FN3O6S. The second-order valence-electron chi connectivity index (χ2n) is 6.41. The summed E-state index contributed by atoms with van der Waals surface area (Å²) in [6.45, 7) is 2.70. The highest BCUT2D eigenvalue weighted by Gasteiger charge is 2.34. The molecule has 3 rings (SSSR count). The Kier molecular flexibility index (Phi) is 6.26. The lowest BCUT2D eigenvalue weighted by atomic mass is 10.3. The second-order valence-corrected chi connectivity index (χ2v) is 8.32. The maximum absolute atomic E-state index is 14.4. The predicted octanol–water partition coefficient (Wildman–Crippen LogP) is 0.601. The van der Waals surface area contributed by atoms with E-state index in [-0.39, 0.29) is 43.7 Å². The summed E-state index contributed by atoms with van der Waals surface area (Å²) in [6.07, 6.45) is 0. The maximum Gasteiger partial charge on any atom is 0.320 e. The Morgan fingerprint density at radius 1 is 0.964 bits per heavy atom. The van der Waals surface area contributed by atoms with Crippen LogP contribution in [-0.4, -0.2) is 95.3 Å². The first-order valence-electron chi connectivity index (χ1n) is 8.91. The van der Waals surface area contributed by atoms with Gasteiger partial charge in [0.2, 0.25) is 10.0 Å². The van der Waals surface area contributed by atoms with Crippen LogP contribution >= 0.6 is 0 Å². The van der Waals surface area contributed by atoms with Crippen LogP contribution in [0.15, 0.2) is 17.0 Å². The van der Waals surface area contributed by atoms with Crippen LogP contribution in [0.1, 0.15) is 0 Å². The van der Waals surface area contributed by atoms with Crippen molar-refractivity contribution < 1.29 is 31.8 Å². The van der Waals surface area contributed by atoms with Gasteiger partial charge in [0.25, 0.3) is 0 Å². The molecule has 1 aromatic rings. The van der Waals surface area contributed by atoms with Crippen LogP contribution in [0.25, 0.3) is 0 Å². The molecule has 2 heterocycles. The summed E-state index contributed by atoms with van der Waals surface area (Å²) in [5.74, 6) is -0.673. The van der Waals surface area contributed by atoms with Gasteiger partial charge >= 0.3 is 6.03 Å². The minimum absolute atomic E-state index is 0.0895. The normalized spacial score (nSPS) is 18.8. The van der Waals surface area contributed by atoms with E-state index in [1.807, 2.05) is 0 Å².